The minimum absolute atomic E-state index is 0.140. The molecule has 0 amide bonds. The monoisotopic (exact) mass is 555 g/mol. The van der Waals surface area contributed by atoms with Crippen molar-refractivity contribution in [1.29, 1.82) is 0 Å². The van der Waals surface area contributed by atoms with Crippen molar-refractivity contribution in [3.8, 4) is 45.5 Å². The number of rotatable bonds is 3. The Morgan fingerprint density at radius 2 is 1.14 bits per heavy atom. The Kier molecular flexibility index (Phi) is 4.89. The molecule has 204 valence electrons. The highest BCUT2D eigenvalue weighted by molar-refractivity contribution is 6.09. The number of furan rings is 2. The van der Waals surface area contributed by atoms with Gasteiger partial charge >= 0.3 is 0 Å². The Labute approximate surface area is 247 Å². The van der Waals surface area contributed by atoms with Crippen LogP contribution in [0.15, 0.2) is 124 Å². The van der Waals surface area contributed by atoms with Gasteiger partial charge in [-0.15, -0.1) is 0 Å². The molecule has 0 aliphatic heterocycles. The summed E-state index contributed by atoms with van der Waals surface area (Å²) in [7, 11) is 0. The van der Waals surface area contributed by atoms with E-state index in [4.69, 9.17) is 23.8 Å². The van der Waals surface area contributed by atoms with Gasteiger partial charge in [0.2, 0.25) is 0 Å². The van der Waals surface area contributed by atoms with Crippen LogP contribution < -0.4 is 0 Å². The lowest BCUT2D eigenvalue weighted by Crippen LogP contribution is -2.14. The highest BCUT2D eigenvalue weighted by atomic mass is 16.3. The van der Waals surface area contributed by atoms with Crippen molar-refractivity contribution in [3.63, 3.8) is 0 Å². The Morgan fingerprint density at radius 1 is 0.512 bits per heavy atom. The summed E-state index contributed by atoms with van der Waals surface area (Å²) in [6, 6.07) is 39.2. The zero-order valence-corrected chi connectivity index (χ0v) is 23.6. The standard InChI is InChI=1S/C38H25N3O2/c1-38(2)28-17-6-4-13-25(28)33-26(15-10-18-29(33)38)35-39-36(41-37(40-35)32-21-22-11-3-7-19-30(22)42-32)27-16-9-14-24-23-12-5-8-20-31(23)43-34(24)27/h3-21H,1-2H3. The fraction of sp³-hybridized carbons (Fsp3) is 0.0789. The van der Waals surface area contributed by atoms with Crippen molar-refractivity contribution >= 4 is 32.9 Å². The molecule has 5 aromatic carbocycles. The number of hydrogen-bond donors (Lipinski definition) is 0. The molecule has 0 saturated heterocycles. The van der Waals surface area contributed by atoms with Gasteiger partial charge in [0, 0.05) is 27.1 Å². The Balaban J connectivity index is 1.34. The first kappa shape index (κ1) is 24.1. The predicted octanol–water partition coefficient (Wildman–Crippen LogP) is 9.82. The Morgan fingerprint density at radius 3 is 2.02 bits per heavy atom. The third kappa shape index (κ3) is 3.48. The molecule has 0 spiro atoms. The second-order valence-corrected chi connectivity index (χ2v) is 11.6. The van der Waals surface area contributed by atoms with E-state index in [2.05, 4.69) is 68.4 Å². The van der Waals surface area contributed by atoms with Gasteiger partial charge in [0.05, 0.1) is 5.56 Å². The molecule has 0 fully saturated rings. The molecule has 0 atom stereocenters. The average molecular weight is 556 g/mol. The Hall–Kier alpha value is -5.55. The first-order valence-corrected chi connectivity index (χ1v) is 14.5. The summed E-state index contributed by atoms with van der Waals surface area (Å²) in [5.41, 5.74) is 8.95. The van der Waals surface area contributed by atoms with Crippen molar-refractivity contribution in [2.45, 2.75) is 19.3 Å². The molecule has 9 rings (SSSR count). The summed E-state index contributed by atoms with van der Waals surface area (Å²) in [6.07, 6.45) is 0. The third-order valence-corrected chi connectivity index (χ3v) is 8.77. The van der Waals surface area contributed by atoms with Crippen LogP contribution in [0.5, 0.6) is 0 Å². The maximum absolute atomic E-state index is 6.40. The first-order chi connectivity index (χ1) is 21.1. The average Bonchev–Trinajstić information content (AvgIpc) is 3.72. The molecule has 0 N–H and O–H groups in total. The first-order valence-electron chi connectivity index (χ1n) is 14.5. The molecule has 1 aliphatic carbocycles. The molecular weight excluding hydrogens is 530 g/mol. The Bertz CT molecular complexity index is 2360. The smallest absolute Gasteiger partial charge is 0.199 e. The van der Waals surface area contributed by atoms with Gasteiger partial charge in [-0.2, -0.15) is 0 Å². The van der Waals surface area contributed by atoms with E-state index in [-0.39, 0.29) is 5.41 Å². The number of para-hydroxylation sites is 3. The number of aromatic nitrogens is 3. The molecule has 43 heavy (non-hydrogen) atoms. The van der Waals surface area contributed by atoms with Crippen LogP contribution in [0.3, 0.4) is 0 Å². The van der Waals surface area contributed by atoms with Crippen LogP contribution >= 0.6 is 0 Å². The normalized spacial score (nSPS) is 13.5. The minimum atomic E-state index is -0.140. The molecule has 5 nitrogen and oxygen atoms in total. The van der Waals surface area contributed by atoms with Gasteiger partial charge in [0.15, 0.2) is 23.2 Å². The molecule has 0 saturated carbocycles. The van der Waals surface area contributed by atoms with Crippen LogP contribution in [0.4, 0.5) is 0 Å². The summed E-state index contributed by atoms with van der Waals surface area (Å²) >= 11 is 0. The van der Waals surface area contributed by atoms with Gasteiger partial charge < -0.3 is 8.83 Å². The third-order valence-electron chi connectivity index (χ3n) is 8.77. The zero-order chi connectivity index (χ0) is 28.7. The van der Waals surface area contributed by atoms with Crippen molar-refractivity contribution in [1.82, 2.24) is 15.0 Å². The van der Waals surface area contributed by atoms with E-state index in [1.807, 2.05) is 60.7 Å². The number of hydrogen-bond acceptors (Lipinski definition) is 5. The summed E-state index contributed by atoms with van der Waals surface area (Å²) in [4.78, 5) is 15.2. The SMILES string of the molecule is CC1(C)c2ccccc2-c2c(-c3nc(-c4cc5ccccc5o4)nc(-c4cccc5c4oc4ccccc45)n3)cccc21. The molecular formula is C38H25N3O2. The summed E-state index contributed by atoms with van der Waals surface area (Å²) in [6.45, 7) is 4.56. The topological polar surface area (TPSA) is 65.0 Å². The lowest BCUT2D eigenvalue weighted by molar-refractivity contribution is 0.624. The fourth-order valence-corrected chi connectivity index (χ4v) is 6.68. The van der Waals surface area contributed by atoms with Gasteiger partial charge in [0.1, 0.15) is 16.7 Å². The van der Waals surface area contributed by atoms with E-state index >= 15 is 0 Å². The molecule has 0 bridgehead atoms. The van der Waals surface area contributed by atoms with E-state index in [9.17, 15) is 0 Å². The van der Waals surface area contributed by atoms with Gasteiger partial charge in [-0.1, -0.05) is 105 Å². The highest BCUT2D eigenvalue weighted by Gasteiger charge is 2.37. The lowest BCUT2D eigenvalue weighted by Gasteiger charge is -2.21. The summed E-state index contributed by atoms with van der Waals surface area (Å²) < 4.78 is 12.7. The van der Waals surface area contributed by atoms with Crippen LogP contribution in [0.25, 0.3) is 78.4 Å². The molecule has 0 radical (unpaired) electrons. The van der Waals surface area contributed by atoms with Gasteiger partial charge in [-0.05, 0) is 46.5 Å². The zero-order valence-electron chi connectivity index (χ0n) is 23.6. The maximum Gasteiger partial charge on any atom is 0.199 e. The second-order valence-electron chi connectivity index (χ2n) is 11.6. The summed E-state index contributed by atoms with van der Waals surface area (Å²) in [5, 5.41) is 3.08. The van der Waals surface area contributed by atoms with Gasteiger partial charge in [-0.3, -0.25) is 0 Å². The largest absolute Gasteiger partial charge is 0.455 e. The van der Waals surface area contributed by atoms with Crippen molar-refractivity contribution in [2.75, 3.05) is 0 Å². The van der Waals surface area contributed by atoms with Crippen LogP contribution in [0, 0.1) is 0 Å². The van der Waals surface area contributed by atoms with Crippen LogP contribution in [-0.2, 0) is 5.41 Å². The molecule has 1 aliphatic rings. The minimum Gasteiger partial charge on any atom is -0.455 e. The van der Waals surface area contributed by atoms with Crippen molar-refractivity contribution in [3.05, 3.63) is 126 Å². The molecule has 3 heterocycles. The molecule has 0 unspecified atom stereocenters. The maximum atomic E-state index is 6.40. The molecule has 8 aromatic rings. The van der Waals surface area contributed by atoms with Crippen LogP contribution in [0.2, 0.25) is 0 Å². The molecule has 5 heteroatoms. The quantitative estimate of drug-likeness (QED) is 0.217. The molecule has 3 aromatic heterocycles. The highest BCUT2D eigenvalue weighted by Crippen LogP contribution is 2.51. The second kappa shape index (κ2) is 8.73. The van der Waals surface area contributed by atoms with E-state index in [0.717, 1.165) is 49.6 Å². The van der Waals surface area contributed by atoms with E-state index in [0.29, 0.717) is 23.2 Å². The van der Waals surface area contributed by atoms with Gasteiger partial charge in [-0.25, -0.2) is 15.0 Å². The van der Waals surface area contributed by atoms with E-state index in [1.165, 1.54) is 16.7 Å². The number of fused-ring (bicyclic) bond motifs is 7. The predicted molar refractivity (Wildman–Crippen MR) is 171 cm³/mol. The van der Waals surface area contributed by atoms with Gasteiger partial charge in [0.25, 0.3) is 0 Å². The number of benzene rings is 5. The number of nitrogens with zero attached hydrogens (tertiary/aromatic N) is 3. The van der Waals surface area contributed by atoms with Crippen LogP contribution in [-0.4, -0.2) is 15.0 Å². The lowest BCUT2D eigenvalue weighted by atomic mass is 9.82. The van der Waals surface area contributed by atoms with Crippen molar-refractivity contribution in [2.24, 2.45) is 0 Å². The van der Waals surface area contributed by atoms with Crippen LogP contribution in [0.1, 0.15) is 25.0 Å². The van der Waals surface area contributed by atoms with E-state index < -0.39 is 0 Å². The summed E-state index contributed by atoms with van der Waals surface area (Å²) in [5.74, 6) is 2.20. The van der Waals surface area contributed by atoms with E-state index in [1.54, 1.807) is 0 Å². The fourth-order valence-electron chi connectivity index (χ4n) is 6.68. The van der Waals surface area contributed by atoms with Crippen molar-refractivity contribution < 1.29 is 8.83 Å².